The molecule has 0 aliphatic heterocycles. The van der Waals surface area contributed by atoms with Crippen molar-refractivity contribution in [3.8, 4) is 33.6 Å². The fourth-order valence-electron chi connectivity index (χ4n) is 9.00. The lowest BCUT2D eigenvalue weighted by molar-refractivity contribution is 0.974. The molecular weight excluding hydrogens is 671 g/mol. The molecule has 55 heavy (non-hydrogen) atoms. The Morgan fingerprint density at radius 2 is 0.782 bits per heavy atom. The van der Waals surface area contributed by atoms with E-state index in [9.17, 15) is 0 Å². The van der Waals surface area contributed by atoms with Crippen LogP contribution in [-0.4, -0.2) is 23.1 Å². The maximum absolute atomic E-state index is 5.22. The van der Waals surface area contributed by atoms with Gasteiger partial charge in [-0.1, -0.05) is 97.1 Å². The first-order chi connectivity index (χ1) is 27.2. The van der Waals surface area contributed by atoms with Crippen LogP contribution in [-0.2, 0) is 7.05 Å². The van der Waals surface area contributed by atoms with Crippen molar-refractivity contribution in [2.24, 2.45) is 7.05 Å². The van der Waals surface area contributed by atoms with Crippen molar-refractivity contribution in [3.05, 3.63) is 182 Å². The number of aromatic nitrogens is 5. The minimum absolute atomic E-state index is 0.932. The molecule has 4 aromatic heterocycles. The molecule has 0 atom stereocenters. The van der Waals surface area contributed by atoms with Crippen molar-refractivity contribution in [1.29, 1.82) is 0 Å². The van der Waals surface area contributed by atoms with Gasteiger partial charge in [-0.25, -0.2) is 4.98 Å². The van der Waals surface area contributed by atoms with Crippen molar-refractivity contribution < 1.29 is 0 Å². The lowest BCUT2D eigenvalue weighted by atomic mass is 10.0. The van der Waals surface area contributed by atoms with Crippen LogP contribution in [0.1, 0.15) is 0 Å². The second-order valence-electron chi connectivity index (χ2n) is 14.6. The predicted octanol–water partition coefficient (Wildman–Crippen LogP) is 12.5. The Labute approximate surface area is 316 Å². The Balaban J connectivity index is 0.986. The molecule has 4 heterocycles. The molecule has 0 radical (unpaired) electrons. The van der Waals surface area contributed by atoms with Gasteiger partial charge in [-0.05, 0) is 107 Å². The number of hydrogen-bond donors (Lipinski definition) is 0. The van der Waals surface area contributed by atoms with E-state index in [1.54, 1.807) is 0 Å². The van der Waals surface area contributed by atoms with Gasteiger partial charge in [0.05, 0.1) is 44.1 Å². The second kappa shape index (κ2) is 11.3. The summed E-state index contributed by atoms with van der Waals surface area (Å²) in [5.41, 5.74) is 16.3. The molecular formula is C50H33N5. The van der Waals surface area contributed by atoms with Crippen LogP contribution < -0.4 is 0 Å². The molecule has 0 spiro atoms. The zero-order valence-corrected chi connectivity index (χ0v) is 30.1. The first kappa shape index (κ1) is 30.1. The Bertz CT molecular complexity index is 3490. The fraction of sp³-hybridized carbons (Fsp3) is 0.0200. The van der Waals surface area contributed by atoms with Gasteiger partial charge in [0.25, 0.3) is 0 Å². The lowest BCUT2D eigenvalue weighted by Gasteiger charge is -2.08. The highest BCUT2D eigenvalue weighted by Gasteiger charge is 2.18. The van der Waals surface area contributed by atoms with E-state index in [1.165, 1.54) is 71.7 Å². The van der Waals surface area contributed by atoms with Crippen molar-refractivity contribution in [2.75, 3.05) is 0 Å². The third-order valence-electron chi connectivity index (χ3n) is 11.6. The summed E-state index contributed by atoms with van der Waals surface area (Å²) in [6.07, 6.45) is 0. The van der Waals surface area contributed by atoms with Crippen LogP contribution in [0.25, 0.3) is 105 Å². The van der Waals surface area contributed by atoms with Gasteiger partial charge < -0.3 is 13.7 Å². The topological polar surface area (TPSA) is 32.1 Å². The largest absolute Gasteiger partial charge is 0.313 e. The van der Waals surface area contributed by atoms with Gasteiger partial charge in [-0.3, -0.25) is 4.40 Å². The lowest BCUT2D eigenvalue weighted by Crippen LogP contribution is -1.92. The van der Waals surface area contributed by atoms with Gasteiger partial charge in [0, 0.05) is 40.0 Å². The summed E-state index contributed by atoms with van der Waals surface area (Å²) >= 11 is 0. The first-order valence-corrected chi connectivity index (χ1v) is 18.8. The van der Waals surface area contributed by atoms with Gasteiger partial charge in [-0.2, -0.15) is 0 Å². The summed E-state index contributed by atoms with van der Waals surface area (Å²) in [5, 5.41) is 5.00. The molecule has 0 bridgehead atoms. The van der Waals surface area contributed by atoms with E-state index in [1.807, 2.05) is 0 Å². The average Bonchev–Trinajstić information content (AvgIpc) is 3.97. The van der Waals surface area contributed by atoms with E-state index in [0.29, 0.717) is 0 Å². The summed E-state index contributed by atoms with van der Waals surface area (Å²) in [6, 6.07) is 65.9. The zero-order valence-electron chi connectivity index (χ0n) is 30.1. The summed E-state index contributed by atoms with van der Waals surface area (Å²) in [7, 11) is 2.12. The van der Waals surface area contributed by atoms with E-state index in [2.05, 4.69) is 207 Å². The van der Waals surface area contributed by atoms with Gasteiger partial charge in [0.1, 0.15) is 0 Å². The third-order valence-corrected chi connectivity index (χ3v) is 11.6. The molecule has 8 aromatic carbocycles. The van der Waals surface area contributed by atoms with Gasteiger partial charge in [-0.15, -0.1) is 0 Å². The number of fused-ring (bicyclic) bond motifs is 11. The van der Waals surface area contributed by atoms with Crippen LogP contribution in [0.4, 0.5) is 0 Å². The molecule has 12 aromatic rings. The minimum atomic E-state index is 0.932. The fourth-order valence-corrected chi connectivity index (χ4v) is 9.00. The summed E-state index contributed by atoms with van der Waals surface area (Å²) < 4.78 is 9.25. The average molecular weight is 704 g/mol. The monoisotopic (exact) mass is 703 g/mol. The molecule has 258 valence electrons. The van der Waals surface area contributed by atoms with E-state index in [4.69, 9.17) is 4.98 Å². The third kappa shape index (κ3) is 4.32. The number of para-hydroxylation sites is 4. The highest BCUT2D eigenvalue weighted by Crippen LogP contribution is 2.38. The van der Waals surface area contributed by atoms with Crippen molar-refractivity contribution in [2.45, 2.75) is 0 Å². The van der Waals surface area contributed by atoms with Crippen LogP contribution in [0.5, 0.6) is 0 Å². The van der Waals surface area contributed by atoms with Crippen molar-refractivity contribution in [3.63, 3.8) is 0 Å². The van der Waals surface area contributed by atoms with Gasteiger partial charge >= 0.3 is 0 Å². The predicted molar refractivity (Wildman–Crippen MR) is 229 cm³/mol. The molecule has 0 saturated heterocycles. The molecule has 0 unspecified atom stereocenters. The van der Waals surface area contributed by atoms with Gasteiger partial charge in [0.15, 0.2) is 0 Å². The van der Waals surface area contributed by atoms with Crippen molar-refractivity contribution in [1.82, 2.24) is 23.1 Å². The van der Waals surface area contributed by atoms with E-state index >= 15 is 0 Å². The summed E-state index contributed by atoms with van der Waals surface area (Å²) in [6.45, 7) is 0. The van der Waals surface area contributed by atoms with E-state index in [-0.39, 0.29) is 0 Å². The number of imidazole rings is 2. The highest BCUT2D eigenvalue weighted by molar-refractivity contribution is 6.12. The van der Waals surface area contributed by atoms with Crippen molar-refractivity contribution >= 4 is 71.5 Å². The molecule has 0 saturated carbocycles. The second-order valence-corrected chi connectivity index (χ2v) is 14.6. The number of aryl methyl sites for hydroxylation is 1. The number of nitrogens with zero attached hydrogens (tertiary/aromatic N) is 5. The highest BCUT2D eigenvalue weighted by atomic mass is 15.2. The molecule has 5 nitrogen and oxygen atoms in total. The standard InChI is InChI=1S/C50H33N5/c1-52-48-27-23-35(33-21-25-46-41(29-33)39-17-9-11-19-44(39)54(46)37-14-6-3-7-15-37)31-49(48)55-47-26-22-34(30-42(47)51-50(52)55)32-20-24-45-40(28-32)38-16-8-10-18-43(38)53(45)36-12-4-2-5-13-36/h2-31H,1H3. The first-order valence-electron chi connectivity index (χ1n) is 18.8. The normalized spacial score (nSPS) is 12.1. The molecule has 0 aliphatic rings. The van der Waals surface area contributed by atoms with Crippen LogP contribution in [0.2, 0.25) is 0 Å². The number of rotatable bonds is 4. The maximum atomic E-state index is 5.22. The van der Waals surface area contributed by atoms with Crippen LogP contribution >= 0.6 is 0 Å². The molecule has 0 amide bonds. The quantitative estimate of drug-likeness (QED) is 0.180. The molecule has 12 rings (SSSR count). The van der Waals surface area contributed by atoms with Crippen LogP contribution in [0.15, 0.2) is 182 Å². The number of hydrogen-bond acceptors (Lipinski definition) is 1. The molecule has 0 aliphatic carbocycles. The Morgan fingerprint density at radius 3 is 1.35 bits per heavy atom. The smallest absolute Gasteiger partial charge is 0.215 e. The van der Waals surface area contributed by atoms with Crippen LogP contribution in [0.3, 0.4) is 0 Å². The van der Waals surface area contributed by atoms with Gasteiger partial charge in [0.2, 0.25) is 5.78 Å². The Hall–Kier alpha value is -7.37. The molecule has 0 N–H and O–H groups in total. The number of benzene rings is 8. The minimum Gasteiger partial charge on any atom is -0.313 e. The summed E-state index contributed by atoms with van der Waals surface area (Å²) in [5.74, 6) is 0.932. The Kier molecular flexibility index (Phi) is 6.20. The SMILES string of the molecule is Cn1c2ccc(-c3ccc4c(c3)c3ccccc3n4-c3ccccc3)cc2n2c3ccc(-c4ccc5c(c4)c4ccccc4n5-c4ccccc4)cc3nc12. The summed E-state index contributed by atoms with van der Waals surface area (Å²) in [4.78, 5) is 5.22. The van der Waals surface area contributed by atoms with E-state index in [0.717, 1.165) is 33.4 Å². The molecule has 5 heteroatoms. The zero-order chi connectivity index (χ0) is 36.2. The van der Waals surface area contributed by atoms with E-state index < -0.39 is 0 Å². The maximum Gasteiger partial charge on any atom is 0.215 e. The van der Waals surface area contributed by atoms with Crippen LogP contribution in [0, 0.1) is 0 Å². The molecule has 0 fully saturated rings. The Morgan fingerprint density at radius 1 is 0.345 bits per heavy atom.